The lowest BCUT2D eigenvalue weighted by Gasteiger charge is -2.14. The Bertz CT molecular complexity index is 1140. The molecule has 158 valence electrons. The number of carbonyl (C=O) groups excluding carboxylic acids is 1. The minimum absolute atomic E-state index is 0.00593. The molecule has 0 spiro atoms. The Hall–Kier alpha value is -3.19. The van der Waals surface area contributed by atoms with Crippen molar-refractivity contribution in [2.75, 3.05) is 11.9 Å². The first-order valence-corrected chi connectivity index (χ1v) is 11.1. The number of thiazole rings is 1. The lowest BCUT2D eigenvalue weighted by atomic mass is 9.98. The molecule has 0 saturated heterocycles. The topological polar surface area (TPSA) is 88.5 Å². The van der Waals surface area contributed by atoms with Gasteiger partial charge in [-0.2, -0.15) is 0 Å². The van der Waals surface area contributed by atoms with Gasteiger partial charge in [-0.25, -0.2) is 9.78 Å². The van der Waals surface area contributed by atoms with Gasteiger partial charge in [-0.1, -0.05) is 62.4 Å². The number of aliphatic carboxylic acids is 1. The molecule has 2 aliphatic carbocycles. The Kier molecular flexibility index (Phi) is 4.59. The van der Waals surface area contributed by atoms with Gasteiger partial charge in [0.15, 0.2) is 5.13 Å². The summed E-state index contributed by atoms with van der Waals surface area (Å²) in [5.41, 5.74) is 5.04. The number of amides is 1. The first kappa shape index (κ1) is 19.8. The Morgan fingerprint density at radius 1 is 1.10 bits per heavy atom. The van der Waals surface area contributed by atoms with E-state index in [1.165, 1.54) is 22.5 Å². The molecule has 1 aromatic heterocycles. The molecule has 1 heterocycles. The minimum Gasteiger partial charge on any atom is -0.481 e. The highest BCUT2D eigenvalue weighted by molar-refractivity contribution is 7.13. The van der Waals surface area contributed by atoms with E-state index in [0.29, 0.717) is 10.8 Å². The van der Waals surface area contributed by atoms with Crippen molar-refractivity contribution in [3.8, 4) is 11.1 Å². The van der Waals surface area contributed by atoms with Crippen LogP contribution in [0.25, 0.3) is 11.1 Å². The summed E-state index contributed by atoms with van der Waals surface area (Å²) in [6, 6.07) is 16.4. The zero-order chi connectivity index (χ0) is 21.8. The van der Waals surface area contributed by atoms with Gasteiger partial charge in [0.05, 0.1) is 11.6 Å². The minimum atomic E-state index is -0.811. The lowest BCUT2D eigenvalue weighted by Crippen LogP contribution is -2.17. The van der Waals surface area contributed by atoms with E-state index in [0.717, 1.165) is 11.1 Å². The average molecular weight is 435 g/mol. The van der Waals surface area contributed by atoms with Crippen molar-refractivity contribution in [2.45, 2.75) is 25.7 Å². The van der Waals surface area contributed by atoms with Gasteiger partial charge < -0.3 is 9.84 Å². The third kappa shape index (κ3) is 3.29. The van der Waals surface area contributed by atoms with Crippen molar-refractivity contribution in [1.29, 1.82) is 0 Å². The number of carboxylic acids is 1. The van der Waals surface area contributed by atoms with Gasteiger partial charge in [-0.05, 0) is 27.7 Å². The molecule has 2 N–H and O–H groups in total. The quantitative estimate of drug-likeness (QED) is 0.567. The molecule has 3 aromatic rings. The first-order valence-electron chi connectivity index (χ1n) is 10.2. The van der Waals surface area contributed by atoms with Crippen LogP contribution in [-0.2, 0) is 9.53 Å². The highest BCUT2D eigenvalue weighted by Gasteiger charge is 2.63. The van der Waals surface area contributed by atoms with E-state index in [1.54, 1.807) is 0 Å². The third-order valence-electron chi connectivity index (χ3n) is 6.49. The summed E-state index contributed by atoms with van der Waals surface area (Å²) in [7, 11) is 0. The van der Waals surface area contributed by atoms with E-state index >= 15 is 0 Å². The maximum absolute atomic E-state index is 12.4. The summed E-state index contributed by atoms with van der Waals surface area (Å²) in [4.78, 5) is 28.3. The van der Waals surface area contributed by atoms with Crippen LogP contribution in [0.15, 0.2) is 53.9 Å². The van der Waals surface area contributed by atoms with Crippen LogP contribution in [0.4, 0.5) is 9.93 Å². The molecule has 1 fully saturated rings. The summed E-state index contributed by atoms with van der Waals surface area (Å²) in [6.07, 6.45) is -0.562. The summed E-state index contributed by atoms with van der Waals surface area (Å²) in [5.74, 6) is -1.40. The van der Waals surface area contributed by atoms with Gasteiger partial charge in [-0.15, -0.1) is 11.3 Å². The second kappa shape index (κ2) is 7.20. The fourth-order valence-electron chi connectivity index (χ4n) is 4.86. The third-order valence-corrected chi connectivity index (χ3v) is 7.26. The molecule has 2 atom stereocenters. The van der Waals surface area contributed by atoms with Crippen molar-refractivity contribution in [3.63, 3.8) is 0 Å². The number of benzene rings is 2. The van der Waals surface area contributed by atoms with Crippen molar-refractivity contribution in [3.05, 3.63) is 70.7 Å². The van der Waals surface area contributed by atoms with Crippen molar-refractivity contribution < 1.29 is 19.4 Å². The van der Waals surface area contributed by atoms with Crippen LogP contribution in [0.1, 0.15) is 42.5 Å². The number of hydrogen-bond donors (Lipinski definition) is 2. The molecule has 0 unspecified atom stereocenters. The molecule has 0 bridgehead atoms. The van der Waals surface area contributed by atoms with Crippen molar-refractivity contribution in [1.82, 2.24) is 4.98 Å². The smallest absolute Gasteiger partial charge is 0.413 e. The number of nitrogens with one attached hydrogen (secondary N) is 1. The van der Waals surface area contributed by atoms with Crippen LogP contribution in [0.2, 0.25) is 0 Å². The molecule has 1 amide bonds. The molecular formula is C24H22N2O4S. The Morgan fingerprint density at radius 2 is 1.71 bits per heavy atom. The van der Waals surface area contributed by atoms with Crippen LogP contribution in [0.5, 0.6) is 0 Å². The number of hydrogen-bond acceptors (Lipinski definition) is 5. The summed E-state index contributed by atoms with van der Waals surface area (Å²) in [6.45, 7) is 4.08. The fraction of sp³-hybridized carbons (Fsp3) is 0.292. The SMILES string of the molecule is CC1(C)[C@H](C(=O)O)[C@@H]1c1csc(NC(=O)OCC2c3ccccc3-c3ccccc32)n1. The Labute approximate surface area is 183 Å². The second-order valence-corrected chi connectivity index (χ2v) is 9.50. The van der Waals surface area contributed by atoms with E-state index < -0.39 is 18.0 Å². The summed E-state index contributed by atoms with van der Waals surface area (Å²) in [5, 5.41) is 14.3. The monoisotopic (exact) mass is 434 g/mol. The number of carbonyl (C=O) groups is 2. The molecule has 7 heteroatoms. The molecular weight excluding hydrogens is 412 g/mol. The number of carboxylic acid groups (broad SMARTS) is 1. The van der Waals surface area contributed by atoms with E-state index in [1.807, 2.05) is 43.5 Å². The highest BCUT2D eigenvalue weighted by Crippen LogP contribution is 2.64. The predicted molar refractivity (Wildman–Crippen MR) is 118 cm³/mol. The molecule has 5 rings (SSSR count). The average Bonchev–Trinajstić information content (AvgIpc) is 3.04. The molecule has 0 aliphatic heterocycles. The second-order valence-electron chi connectivity index (χ2n) is 8.64. The van der Waals surface area contributed by atoms with Crippen LogP contribution in [0, 0.1) is 11.3 Å². The fourth-order valence-corrected chi connectivity index (χ4v) is 5.59. The van der Waals surface area contributed by atoms with E-state index in [9.17, 15) is 14.7 Å². The van der Waals surface area contributed by atoms with Crippen molar-refractivity contribution >= 4 is 28.5 Å². The summed E-state index contributed by atoms with van der Waals surface area (Å²) >= 11 is 1.28. The van der Waals surface area contributed by atoms with Gasteiger partial charge in [0, 0.05) is 17.2 Å². The molecule has 31 heavy (non-hydrogen) atoms. The maximum Gasteiger partial charge on any atom is 0.413 e. The van der Waals surface area contributed by atoms with Crippen LogP contribution in [-0.4, -0.2) is 28.8 Å². The summed E-state index contributed by atoms with van der Waals surface area (Å²) < 4.78 is 5.55. The molecule has 1 saturated carbocycles. The van der Waals surface area contributed by atoms with Crippen LogP contribution >= 0.6 is 11.3 Å². The van der Waals surface area contributed by atoms with Gasteiger partial charge in [0.1, 0.15) is 6.61 Å². The number of aromatic nitrogens is 1. The lowest BCUT2D eigenvalue weighted by molar-refractivity contribution is -0.139. The zero-order valence-corrected chi connectivity index (χ0v) is 18.0. The zero-order valence-electron chi connectivity index (χ0n) is 17.2. The van der Waals surface area contributed by atoms with Crippen LogP contribution in [0.3, 0.4) is 0 Å². The number of rotatable bonds is 5. The molecule has 2 aromatic carbocycles. The Morgan fingerprint density at radius 3 is 2.29 bits per heavy atom. The van der Waals surface area contributed by atoms with Gasteiger partial charge >= 0.3 is 12.1 Å². The highest BCUT2D eigenvalue weighted by atomic mass is 32.1. The molecule has 6 nitrogen and oxygen atoms in total. The van der Waals surface area contributed by atoms with Gasteiger partial charge in [0.25, 0.3) is 0 Å². The van der Waals surface area contributed by atoms with E-state index in [-0.39, 0.29) is 23.9 Å². The number of ether oxygens (including phenoxy) is 1. The largest absolute Gasteiger partial charge is 0.481 e. The van der Waals surface area contributed by atoms with E-state index in [2.05, 4.69) is 34.6 Å². The Balaban J connectivity index is 1.25. The van der Waals surface area contributed by atoms with Crippen molar-refractivity contribution in [2.24, 2.45) is 11.3 Å². The maximum atomic E-state index is 12.4. The number of fused-ring (bicyclic) bond motifs is 3. The molecule has 2 aliphatic rings. The number of nitrogens with zero attached hydrogens (tertiary/aromatic N) is 1. The standard InChI is InChI=1S/C24H22N2O4S/c1-24(2)19(20(24)21(27)28)18-12-31-22(25-18)26-23(29)30-11-17-15-9-5-3-7-13(15)14-8-4-6-10-16(14)17/h3-10,12,17,19-20H,11H2,1-2H3,(H,27,28)(H,25,26,29)/t19-,20-/m0/s1. The number of anilines is 1. The van der Waals surface area contributed by atoms with Gasteiger partial charge in [0.2, 0.25) is 0 Å². The predicted octanol–water partition coefficient (Wildman–Crippen LogP) is 5.33. The van der Waals surface area contributed by atoms with E-state index in [4.69, 9.17) is 4.74 Å². The first-order chi connectivity index (χ1) is 14.9. The normalized spacial score (nSPS) is 20.6. The van der Waals surface area contributed by atoms with Crippen LogP contribution < -0.4 is 5.32 Å². The van der Waals surface area contributed by atoms with Gasteiger partial charge in [-0.3, -0.25) is 10.1 Å². The molecule has 0 radical (unpaired) electrons.